The van der Waals surface area contributed by atoms with Crippen molar-refractivity contribution in [2.24, 2.45) is 4.99 Å². The second kappa shape index (κ2) is 9.26. The van der Waals surface area contributed by atoms with Gasteiger partial charge in [-0.3, -0.25) is 14.6 Å². The van der Waals surface area contributed by atoms with Crippen LogP contribution >= 0.6 is 11.8 Å². The number of ether oxygens (including phenoxy) is 4. The second-order valence-corrected chi connectivity index (χ2v) is 9.97. The summed E-state index contributed by atoms with van der Waals surface area (Å²) in [6.07, 6.45) is 1.56. The van der Waals surface area contributed by atoms with Crippen molar-refractivity contribution in [3.63, 3.8) is 0 Å². The lowest BCUT2D eigenvalue weighted by atomic mass is 9.94. The molecule has 3 heterocycles. The summed E-state index contributed by atoms with van der Waals surface area (Å²) in [6.45, 7) is 6.39. The fourth-order valence-corrected chi connectivity index (χ4v) is 5.48. The summed E-state index contributed by atoms with van der Waals surface area (Å²) in [5.41, 5.74) is 0.824. The molecule has 9 nitrogen and oxygen atoms in total. The molecule has 0 bridgehead atoms. The number of para-hydroxylation sites is 1. The minimum atomic E-state index is -0.507. The van der Waals surface area contributed by atoms with Crippen molar-refractivity contribution in [3.05, 3.63) is 39.7 Å². The van der Waals surface area contributed by atoms with E-state index in [0.717, 1.165) is 23.4 Å². The van der Waals surface area contributed by atoms with Gasteiger partial charge < -0.3 is 18.9 Å². The predicted octanol–water partition coefficient (Wildman–Crippen LogP) is 3.75. The average Bonchev–Trinajstić information content (AvgIpc) is 3.12. The molecule has 1 aromatic carbocycles. The minimum absolute atomic E-state index is 0.0749. The number of carbonyl (C=O) groups is 1. The number of aromatic nitrogens is 2. The molecule has 2 aliphatic rings. The number of aliphatic imine (C=N–C) groups is 1. The summed E-state index contributed by atoms with van der Waals surface area (Å²) >= 11 is 1.47. The number of nitrogens with zero attached hydrogens (tertiary/aromatic N) is 2. The SMILES string of the molecule is COC(=O)COc1c(OC)cccc1C1SC(C)=Nc2c1c(=O)[nH]n2C1CCOC(C)(C)C1. The number of esters is 1. The van der Waals surface area contributed by atoms with Crippen LogP contribution in [-0.2, 0) is 14.3 Å². The van der Waals surface area contributed by atoms with Gasteiger partial charge in [-0.25, -0.2) is 9.79 Å². The van der Waals surface area contributed by atoms with Crippen molar-refractivity contribution in [3.8, 4) is 11.5 Å². The predicted molar refractivity (Wildman–Crippen MR) is 126 cm³/mol. The van der Waals surface area contributed by atoms with Gasteiger partial charge in [0.2, 0.25) is 0 Å². The van der Waals surface area contributed by atoms with Gasteiger partial charge in [0.15, 0.2) is 23.9 Å². The zero-order valence-electron chi connectivity index (χ0n) is 19.5. The number of benzene rings is 1. The molecule has 33 heavy (non-hydrogen) atoms. The highest BCUT2D eigenvalue weighted by Gasteiger charge is 2.37. The first kappa shape index (κ1) is 23.4. The molecule has 178 valence electrons. The van der Waals surface area contributed by atoms with E-state index in [1.165, 1.54) is 26.0 Å². The van der Waals surface area contributed by atoms with Crippen molar-refractivity contribution < 1.29 is 23.7 Å². The number of hydrogen-bond acceptors (Lipinski definition) is 8. The molecule has 0 aliphatic carbocycles. The molecule has 2 unspecified atom stereocenters. The molecular formula is C23H29N3O6S. The van der Waals surface area contributed by atoms with Crippen LogP contribution in [0.2, 0.25) is 0 Å². The molecule has 0 spiro atoms. The first-order valence-corrected chi connectivity index (χ1v) is 11.7. The van der Waals surface area contributed by atoms with Crippen molar-refractivity contribution >= 4 is 28.6 Å². The van der Waals surface area contributed by atoms with Crippen molar-refractivity contribution in [1.29, 1.82) is 0 Å². The van der Waals surface area contributed by atoms with E-state index in [1.807, 2.05) is 23.7 Å². The maximum Gasteiger partial charge on any atom is 0.343 e. The van der Waals surface area contributed by atoms with Gasteiger partial charge in [-0.05, 0) is 39.7 Å². The monoisotopic (exact) mass is 475 g/mol. The zero-order chi connectivity index (χ0) is 23.8. The van der Waals surface area contributed by atoms with E-state index in [-0.39, 0.29) is 29.1 Å². The molecule has 0 saturated carbocycles. The van der Waals surface area contributed by atoms with E-state index in [2.05, 4.69) is 18.9 Å². The number of aromatic amines is 1. The molecule has 2 aliphatic heterocycles. The van der Waals surface area contributed by atoms with E-state index in [0.29, 0.717) is 29.5 Å². The van der Waals surface area contributed by atoms with Crippen LogP contribution in [0.15, 0.2) is 28.0 Å². The van der Waals surface area contributed by atoms with Crippen molar-refractivity contribution in [2.75, 3.05) is 27.4 Å². The Morgan fingerprint density at radius 2 is 2.15 bits per heavy atom. The quantitative estimate of drug-likeness (QED) is 0.635. The van der Waals surface area contributed by atoms with Gasteiger partial charge in [0.25, 0.3) is 5.56 Å². The van der Waals surface area contributed by atoms with Gasteiger partial charge in [-0.1, -0.05) is 23.9 Å². The number of nitrogens with one attached hydrogen (secondary N) is 1. The van der Waals surface area contributed by atoms with Crippen LogP contribution in [0.3, 0.4) is 0 Å². The molecule has 1 aromatic heterocycles. The number of methoxy groups -OCH3 is 2. The van der Waals surface area contributed by atoms with E-state index in [1.54, 1.807) is 6.07 Å². The third kappa shape index (κ3) is 4.67. The first-order valence-electron chi connectivity index (χ1n) is 10.8. The van der Waals surface area contributed by atoms with Crippen LogP contribution in [-0.4, -0.2) is 53.8 Å². The molecule has 0 radical (unpaired) electrons. The Kier molecular flexibility index (Phi) is 6.58. The number of hydrogen-bond donors (Lipinski definition) is 1. The Hall–Kier alpha value is -2.72. The van der Waals surface area contributed by atoms with Crippen molar-refractivity contribution in [2.45, 2.75) is 50.5 Å². The number of carbonyl (C=O) groups excluding carboxylic acids is 1. The Bertz CT molecular complexity index is 1140. The van der Waals surface area contributed by atoms with Gasteiger partial charge in [0.05, 0.1) is 41.7 Å². The van der Waals surface area contributed by atoms with E-state index >= 15 is 0 Å². The second-order valence-electron chi connectivity index (χ2n) is 8.68. The normalized spacial score (nSPS) is 21.7. The van der Waals surface area contributed by atoms with E-state index < -0.39 is 5.97 Å². The van der Waals surface area contributed by atoms with Gasteiger partial charge >= 0.3 is 5.97 Å². The topological polar surface area (TPSA) is 104 Å². The van der Waals surface area contributed by atoms with Crippen molar-refractivity contribution in [1.82, 2.24) is 9.78 Å². The molecule has 0 amide bonds. The Morgan fingerprint density at radius 1 is 1.36 bits per heavy atom. The fraction of sp³-hybridized carbons (Fsp3) is 0.522. The number of H-pyrrole nitrogens is 1. The molecular weight excluding hydrogens is 446 g/mol. The molecule has 2 atom stereocenters. The lowest BCUT2D eigenvalue weighted by molar-refractivity contribution is -0.142. The van der Waals surface area contributed by atoms with Crippen LogP contribution in [0.25, 0.3) is 0 Å². The third-order valence-electron chi connectivity index (χ3n) is 5.86. The Balaban J connectivity index is 1.79. The maximum atomic E-state index is 13.2. The summed E-state index contributed by atoms with van der Waals surface area (Å²) in [6, 6.07) is 5.55. The fourth-order valence-electron chi connectivity index (χ4n) is 4.36. The van der Waals surface area contributed by atoms with Crippen LogP contribution in [0.4, 0.5) is 5.82 Å². The zero-order valence-corrected chi connectivity index (χ0v) is 20.3. The van der Waals surface area contributed by atoms with Crippen LogP contribution in [0.1, 0.15) is 56.0 Å². The Morgan fingerprint density at radius 3 is 2.85 bits per heavy atom. The van der Waals surface area contributed by atoms with Crippen LogP contribution in [0.5, 0.6) is 11.5 Å². The standard InChI is InChI=1S/C23H29N3O6S/c1-13-24-21-18(22(28)25-26(21)14-9-10-32-23(2,3)11-14)20(33-13)15-7-6-8-16(29-4)19(15)31-12-17(27)30-5/h6-8,14,20H,9-12H2,1-5H3,(H,25,28). The lowest BCUT2D eigenvalue weighted by Crippen LogP contribution is -2.35. The van der Waals surface area contributed by atoms with E-state index in [9.17, 15) is 9.59 Å². The molecule has 1 fully saturated rings. The highest BCUT2D eigenvalue weighted by atomic mass is 32.2. The minimum Gasteiger partial charge on any atom is -0.493 e. The largest absolute Gasteiger partial charge is 0.493 e. The van der Waals surface area contributed by atoms with Gasteiger partial charge in [-0.15, -0.1) is 0 Å². The third-order valence-corrected chi connectivity index (χ3v) is 7.02. The Labute approximate surface area is 196 Å². The molecule has 1 saturated heterocycles. The highest BCUT2D eigenvalue weighted by molar-refractivity contribution is 8.14. The lowest BCUT2D eigenvalue weighted by Gasteiger charge is -2.36. The highest BCUT2D eigenvalue weighted by Crippen LogP contribution is 2.49. The molecule has 2 aromatic rings. The maximum absolute atomic E-state index is 13.2. The van der Waals surface area contributed by atoms with Gasteiger partial charge in [-0.2, -0.15) is 0 Å². The smallest absolute Gasteiger partial charge is 0.343 e. The van der Waals surface area contributed by atoms with E-state index in [4.69, 9.17) is 23.9 Å². The number of thioether (sulfide) groups is 1. The van der Waals surface area contributed by atoms with Crippen LogP contribution in [0, 0.1) is 0 Å². The summed E-state index contributed by atoms with van der Waals surface area (Å²) in [7, 11) is 2.84. The van der Waals surface area contributed by atoms with Gasteiger partial charge in [0, 0.05) is 12.2 Å². The van der Waals surface area contributed by atoms with Gasteiger partial charge in [0.1, 0.15) is 0 Å². The first-order chi connectivity index (χ1) is 15.7. The summed E-state index contributed by atoms with van der Waals surface area (Å²) in [4.78, 5) is 29.7. The summed E-state index contributed by atoms with van der Waals surface area (Å²) in [5, 5.41) is 3.48. The molecule has 1 N–H and O–H groups in total. The average molecular weight is 476 g/mol. The molecule has 4 rings (SSSR count). The number of rotatable bonds is 6. The van der Waals surface area contributed by atoms with Crippen LogP contribution < -0.4 is 15.0 Å². The number of fused-ring (bicyclic) bond motifs is 1. The summed E-state index contributed by atoms with van der Waals surface area (Å²) < 4.78 is 23.8. The summed E-state index contributed by atoms with van der Waals surface area (Å²) in [5.74, 6) is 1.00. The molecule has 10 heteroatoms.